The molecule has 0 unspecified atom stereocenters. The van der Waals surface area contributed by atoms with Crippen molar-refractivity contribution in [3.05, 3.63) is 68.6 Å². The number of aromatic hydroxyl groups is 1. The number of benzene rings is 1. The van der Waals surface area contributed by atoms with Crippen LogP contribution in [0.25, 0.3) is 0 Å². The fraction of sp³-hybridized carbons (Fsp3) is 0.0833. The van der Waals surface area contributed by atoms with Crippen molar-refractivity contribution in [3.8, 4) is 5.75 Å². The summed E-state index contributed by atoms with van der Waals surface area (Å²) >= 11 is 0. The summed E-state index contributed by atoms with van der Waals surface area (Å²) in [6.07, 6.45) is 1.33. The van der Waals surface area contributed by atoms with Crippen LogP contribution in [0.3, 0.4) is 0 Å². The van der Waals surface area contributed by atoms with Gasteiger partial charge in [0.15, 0.2) is 0 Å². The van der Waals surface area contributed by atoms with Gasteiger partial charge in [-0.2, -0.15) is 0 Å². The van der Waals surface area contributed by atoms with Crippen molar-refractivity contribution in [2.24, 2.45) is 0 Å². The number of nitrogens with zero attached hydrogens (tertiary/aromatic N) is 2. The van der Waals surface area contributed by atoms with Crippen molar-refractivity contribution in [2.45, 2.75) is 6.54 Å². The summed E-state index contributed by atoms with van der Waals surface area (Å²) in [5.41, 5.74) is -0.767. The lowest BCUT2D eigenvalue weighted by Crippen LogP contribution is -2.22. The molecule has 0 radical (unpaired) electrons. The molecule has 1 aromatic carbocycles. The second-order valence-electron chi connectivity index (χ2n) is 3.73. The summed E-state index contributed by atoms with van der Waals surface area (Å²) in [6.45, 7) is 0.223. The summed E-state index contributed by atoms with van der Waals surface area (Å²) in [5.74, 6) is -0.616. The van der Waals surface area contributed by atoms with Gasteiger partial charge in [-0.25, -0.2) is 0 Å². The van der Waals surface area contributed by atoms with Crippen LogP contribution in [-0.4, -0.2) is 14.6 Å². The highest BCUT2D eigenvalue weighted by molar-refractivity contribution is 5.42. The second kappa shape index (κ2) is 4.70. The van der Waals surface area contributed by atoms with Gasteiger partial charge in [0.1, 0.15) is 0 Å². The Morgan fingerprint density at radius 3 is 2.50 bits per heavy atom. The van der Waals surface area contributed by atoms with E-state index in [2.05, 4.69) is 0 Å². The number of pyridine rings is 1. The minimum absolute atomic E-state index is 0.223. The molecule has 0 saturated heterocycles. The van der Waals surface area contributed by atoms with Crippen molar-refractivity contribution >= 4 is 5.69 Å². The van der Waals surface area contributed by atoms with Crippen molar-refractivity contribution in [1.82, 2.24) is 4.57 Å². The zero-order valence-electron chi connectivity index (χ0n) is 9.31. The minimum atomic E-state index is -0.876. The van der Waals surface area contributed by atoms with Crippen LogP contribution < -0.4 is 5.56 Å². The van der Waals surface area contributed by atoms with Crippen molar-refractivity contribution in [1.29, 1.82) is 0 Å². The zero-order chi connectivity index (χ0) is 13.1. The van der Waals surface area contributed by atoms with E-state index in [-0.39, 0.29) is 6.54 Å². The van der Waals surface area contributed by atoms with Gasteiger partial charge in [0.05, 0.1) is 11.5 Å². The first-order chi connectivity index (χ1) is 8.59. The van der Waals surface area contributed by atoms with E-state index in [1.54, 1.807) is 0 Å². The van der Waals surface area contributed by atoms with Crippen LogP contribution in [0.5, 0.6) is 5.75 Å². The third kappa shape index (κ3) is 2.22. The second-order valence-corrected chi connectivity index (χ2v) is 3.73. The van der Waals surface area contributed by atoms with E-state index in [9.17, 15) is 20.0 Å². The SMILES string of the molecule is O=c1c([N+](=O)[O-])c(O)ccn1Cc1ccccc1. The summed E-state index contributed by atoms with van der Waals surface area (Å²) in [4.78, 5) is 21.6. The number of rotatable bonds is 3. The van der Waals surface area contributed by atoms with E-state index in [0.717, 1.165) is 11.6 Å². The molecular weight excluding hydrogens is 236 g/mol. The van der Waals surface area contributed by atoms with Crippen LogP contribution >= 0.6 is 0 Å². The molecule has 92 valence electrons. The Balaban J connectivity index is 2.45. The maximum absolute atomic E-state index is 11.8. The summed E-state index contributed by atoms with van der Waals surface area (Å²) in [6, 6.07) is 10.2. The maximum Gasteiger partial charge on any atom is 0.375 e. The highest BCUT2D eigenvalue weighted by Crippen LogP contribution is 2.19. The Kier molecular flexibility index (Phi) is 3.09. The molecule has 0 aliphatic heterocycles. The van der Waals surface area contributed by atoms with Gasteiger partial charge in [0, 0.05) is 12.3 Å². The molecule has 0 aliphatic carbocycles. The first-order valence-corrected chi connectivity index (χ1v) is 5.20. The monoisotopic (exact) mass is 246 g/mol. The molecule has 0 spiro atoms. The van der Waals surface area contributed by atoms with Crippen molar-refractivity contribution in [3.63, 3.8) is 0 Å². The minimum Gasteiger partial charge on any atom is -0.502 e. The molecule has 0 aliphatic rings. The molecule has 6 heteroatoms. The summed E-state index contributed by atoms with van der Waals surface area (Å²) in [7, 11) is 0. The maximum atomic E-state index is 11.8. The molecule has 1 aromatic heterocycles. The van der Waals surface area contributed by atoms with Gasteiger partial charge >= 0.3 is 11.2 Å². The molecule has 6 nitrogen and oxygen atoms in total. The van der Waals surface area contributed by atoms with Gasteiger partial charge in [-0.1, -0.05) is 30.3 Å². The molecule has 0 amide bonds. The number of hydrogen-bond donors (Lipinski definition) is 1. The Labute approximate surface area is 102 Å². The first-order valence-electron chi connectivity index (χ1n) is 5.20. The van der Waals surface area contributed by atoms with Crippen LogP contribution in [-0.2, 0) is 6.54 Å². The molecule has 0 fully saturated rings. The lowest BCUT2D eigenvalue weighted by atomic mass is 10.2. The molecule has 0 saturated carbocycles. The normalized spacial score (nSPS) is 10.2. The molecule has 1 N–H and O–H groups in total. The molecule has 18 heavy (non-hydrogen) atoms. The van der Waals surface area contributed by atoms with Crippen molar-refractivity contribution in [2.75, 3.05) is 0 Å². The first kappa shape index (κ1) is 11.8. The predicted octanol–water partition coefficient (Wildman–Crippen LogP) is 1.51. The zero-order valence-corrected chi connectivity index (χ0v) is 9.31. The Morgan fingerprint density at radius 1 is 1.22 bits per heavy atom. The van der Waals surface area contributed by atoms with E-state index >= 15 is 0 Å². The van der Waals surface area contributed by atoms with E-state index in [1.165, 1.54) is 10.8 Å². The van der Waals surface area contributed by atoms with Gasteiger partial charge < -0.3 is 9.67 Å². The Hall–Kier alpha value is -2.63. The third-order valence-electron chi connectivity index (χ3n) is 2.50. The van der Waals surface area contributed by atoms with Crippen LogP contribution in [0.4, 0.5) is 5.69 Å². The van der Waals surface area contributed by atoms with Gasteiger partial charge in [-0.15, -0.1) is 0 Å². The third-order valence-corrected chi connectivity index (χ3v) is 2.50. The fourth-order valence-electron chi connectivity index (χ4n) is 1.63. The highest BCUT2D eigenvalue weighted by atomic mass is 16.6. The number of nitro groups is 1. The topological polar surface area (TPSA) is 85.4 Å². The lowest BCUT2D eigenvalue weighted by Gasteiger charge is -2.05. The summed E-state index contributed by atoms with van der Waals surface area (Å²) in [5, 5.41) is 20.0. The van der Waals surface area contributed by atoms with Crippen LogP contribution in [0, 0.1) is 10.1 Å². The summed E-state index contributed by atoms with van der Waals surface area (Å²) < 4.78 is 1.19. The van der Waals surface area contributed by atoms with Gasteiger partial charge in [-0.3, -0.25) is 14.9 Å². The molecule has 2 aromatic rings. The predicted molar refractivity (Wildman–Crippen MR) is 64.6 cm³/mol. The smallest absolute Gasteiger partial charge is 0.375 e. The molecular formula is C12H10N2O4. The van der Waals surface area contributed by atoms with Gasteiger partial charge in [-0.05, 0) is 5.56 Å². The Bertz CT molecular complexity index is 634. The van der Waals surface area contributed by atoms with E-state index in [0.29, 0.717) is 0 Å². The van der Waals surface area contributed by atoms with E-state index in [1.807, 2.05) is 30.3 Å². The average molecular weight is 246 g/mol. The molecule has 0 atom stereocenters. The highest BCUT2D eigenvalue weighted by Gasteiger charge is 2.20. The quantitative estimate of drug-likeness (QED) is 0.657. The van der Waals surface area contributed by atoms with Gasteiger partial charge in [0.2, 0.25) is 5.75 Å². The number of hydrogen-bond acceptors (Lipinski definition) is 4. The molecule has 1 heterocycles. The molecule has 2 rings (SSSR count). The molecule has 0 bridgehead atoms. The van der Waals surface area contributed by atoms with Crippen LogP contribution in [0.2, 0.25) is 0 Å². The average Bonchev–Trinajstić information content (AvgIpc) is 2.34. The fourth-order valence-corrected chi connectivity index (χ4v) is 1.63. The lowest BCUT2D eigenvalue weighted by molar-refractivity contribution is -0.387. The van der Waals surface area contributed by atoms with Gasteiger partial charge in [0.25, 0.3) is 0 Å². The van der Waals surface area contributed by atoms with E-state index < -0.39 is 21.9 Å². The van der Waals surface area contributed by atoms with Crippen LogP contribution in [0.1, 0.15) is 5.56 Å². The Morgan fingerprint density at radius 2 is 1.89 bits per heavy atom. The van der Waals surface area contributed by atoms with Crippen LogP contribution in [0.15, 0.2) is 47.4 Å². The van der Waals surface area contributed by atoms with Crippen molar-refractivity contribution < 1.29 is 10.0 Å². The number of aromatic nitrogens is 1. The largest absolute Gasteiger partial charge is 0.502 e. The van der Waals surface area contributed by atoms with E-state index in [4.69, 9.17) is 0 Å². The standard InChI is InChI=1S/C12H10N2O4/c15-10-6-7-13(12(16)11(10)14(17)18)8-9-4-2-1-3-5-9/h1-7,15H,8H2.